The fraction of sp³-hybridized carbons (Fsp3) is 0.344. The topological polar surface area (TPSA) is 6.48 Å². The molecule has 0 spiro atoms. The molecule has 65 heavy (non-hydrogen) atoms. The Balaban J connectivity index is 1.27. The van der Waals surface area contributed by atoms with Crippen molar-refractivity contribution in [2.24, 2.45) is 0 Å². The van der Waals surface area contributed by atoms with Crippen LogP contribution in [0.5, 0.6) is 0 Å². The highest BCUT2D eigenvalue weighted by Gasteiger charge is 2.50. The minimum Gasteiger partial charge on any atom is -0.376 e. The lowest BCUT2D eigenvalue weighted by atomic mass is 9.43. The molecule has 8 aromatic rings. The summed E-state index contributed by atoms with van der Waals surface area (Å²) in [5, 5.41) is 7.94. The predicted octanol–water partition coefficient (Wildman–Crippen LogP) is 16.2. The van der Waals surface area contributed by atoms with Crippen molar-refractivity contribution in [3.05, 3.63) is 149 Å². The van der Waals surface area contributed by atoms with Crippen LogP contribution in [0.3, 0.4) is 0 Å². The van der Waals surface area contributed by atoms with Crippen molar-refractivity contribution < 1.29 is 0 Å². The molecule has 1 aromatic heterocycles. The van der Waals surface area contributed by atoms with E-state index in [2.05, 4.69) is 208 Å². The van der Waals surface area contributed by atoms with Crippen LogP contribution in [0, 0.1) is 6.92 Å². The molecule has 0 N–H and O–H groups in total. The van der Waals surface area contributed by atoms with Gasteiger partial charge in [-0.2, -0.15) is 0 Å². The van der Waals surface area contributed by atoms with Gasteiger partial charge in [0.05, 0.1) is 16.4 Å². The van der Waals surface area contributed by atoms with Crippen molar-refractivity contribution in [1.29, 1.82) is 0 Å². The Morgan fingerprint density at radius 3 is 1.75 bits per heavy atom. The molecule has 0 fully saturated rings. The summed E-state index contributed by atoms with van der Waals surface area (Å²) in [6, 6.07) is 45.8. The average Bonchev–Trinajstić information content (AvgIpc) is 3.64. The van der Waals surface area contributed by atoms with E-state index in [4.69, 9.17) is 0 Å². The molecule has 0 saturated heterocycles. The van der Waals surface area contributed by atoms with Crippen LogP contribution in [0.15, 0.2) is 115 Å². The van der Waals surface area contributed by atoms with Crippen molar-refractivity contribution in [2.45, 2.75) is 136 Å². The smallest absolute Gasteiger partial charge is 0.334 e. The standard InChI is InChI=1S/C61H63BN2S/c1-36-31-45-47(60(9,10)29-27-58(45,5)6)34-50(36)63-55-42-20-16-14-18-38(42)32-44-52-41-19-15-13-17-37(41)21-26-49(52)64(40-24-22-39(23-25-40)57(2,3)4)62(53(44)55)54-43-33-46-48(35-51(43)65-56(54)63)61(11,12)30-28-59(46,7)8/h13-26,31-35H,27-30H2,1-12H3. The van der Waals surface area contributed by atoms with Crippen molar-refractivity contribution in [1.82, 2.24) is 0 Å². The van der Waals surface area contributed by atoms with Gasteiger partial charge >= 0.3 is 6.85 Å². The van der Waals surface area contributed by atoms with E-state index >= 15 is 0 Å². The summed E-state index contributed by atoms with van der Waals surface area (Å²) in [5.74, 6) is 0. The van der Waals surface area contributed by atoms with Gasteiger partial charge in [0, 0.05) is 27.0 Å². The van der Waals surface area contributed by atoms with Crippen LogP contribution < -0.4 is 20.6 Å². The first-order valence-electron chi connectivity index (χ1n) is 24.3. The van der Waals surface area contributed by atoms with Crippen LogP contribution in [0.2, 0.25) is 0 Å². The van der Waals surface area contributed by atoms with Gasteiger partial charge in [-0.25, -0.2) is 0 Å². The van der Waals surface area contributed by atoms with E-state index in [0.29, 0.717) is 0 Å². The molecule has 0 saturated carbocycles. The normalized spacial score (nSPS) is 18.6. The highest BCUT2D eigenvalue weighted by atomic mass is 32.1. The molecule has 4 heteroatoms. The Hall–Kier alpha value is -5.32. The van der Waals surface area contributed by atoms with Crippen LogP contribution in [0.25, 0.3) is 42.8 Å². The van der Waals surface area contributed by atoms with E-state index in [0.717, 1.165) is 0 Å². The number of hydrogen-bond acceptors (Lipinski definition) is 3. The maximum absolute atomic E-state index is 2.78. The zero-order valence-electron chi connectivity index (χ0n) is 40.7. The third-order valence-corrected chi connectivity index (χ3v) is 18.0. The molecular formula is C61H63BN2S. The molecule has 0 bridgehead atoms. The summed E-state index contributed by atoms with van der Waals surface area (Å²) < 4.78 is 1.40. The fourth-order valence-electron chi connectivity index (χ4n) is 12.6. The van der Waals surface area contributed by atoms with Crippen molar-refractivity contribution in [3.8, 4) is 11.1 Å². The molecule has 0 amide bonds. The Morgan fingerprint density at radius 2 is 1.11 bits per heavy atom. The zero-order valence-corrected chi connectivity index (χ0v) is 41.5. The van der Waals surface area contributed by atoms with Gasteiger partial charge in [0.2, 0.25) is 0 Å². The molecular weight excluding hydrogens is 804 g/mol. The summed E-state index contributed by atoms with van der Waals surface area (Å²) >= 11 is 2.03. The first-order chi connectivity index (χ1) is 30.7. The van der Waals surface area contributed by atoms with Crippen molar-refractivity contribution >= 4 is 88.5 Å². The molecule has 0 atom stereocenters. The number of hydrogen-bond donors (Lipinski definition) is 0. The van der Waals surface area contributed by atoms with Gasteiger partial charge in [-0.05, 0) is 174 Å². The maximum Gasteiger partial charge on any atom is 0.334 e. The van der Waals surface area contributed by atoms with Crippen LogP contribution >= 0.6 is 11.3 Å². The molecule has 7 aromatic carbocycles. The molecule has 0 radical (unpaired) electrons. The monoisotopic (exact) mass is 866 g/mol. The van der Waals surface area contributed by atoms with Gasteiger partial charge < -0.3 is 9.71 Å². The predicted molar refractivity (Wildman–Crippen MR) is 285 cm³/mol. The van der Waals surface area contributed by atoms with E-state index < -0.39 is 0 Å². The number of rotatable bonds is 2. The van der Waals surface area contributed by atoms with Gasteiger partial charge in [-0.15, -0.1) is 11.3 Å². The van der Waals surface area contributed by atoms with E-state index in [1.54, 1.807) is 0 Å². The molecule has 3 heterocycles. The van der Waals surface area contributed by atoms with Crippen LogP contribution in [-0.4, -0.2) is 6.85 Å². The van der Waals surface area contributed by atoms with Crippen molar-refractivity contribution in [3.63, 3.8) is 0 Å². The quantitative estimate of drug-likeness (QED) is 0.160. The molecule has 326 valence electrons. The van der Waals surface area contributed by atoms with Gasteiger partial charge in [0.15, 0.2) is 0 Å². The molecule has 2 nitrogen and oxygen atoms in total. The van der Waals surface area contributed by atoms with E-state index in [1.807, 2.05) is 11.3 Å². The highest BCUT2D eigenvalue weighted by molar-refractivity contribution is 7.26. The van der Waals surface area contributed by atoms with Crippen LogP contribution in [0.4, 0.5) is 27.8 Å². The van der Waals surface area contributed by atoms with Crippen LogP contribution in [-0.2, 0) is 27.1 Å². The molecule has 2 aliphatic carbocycles. The maximum atomic E-state index is 2.78. The Kier molecular flexibility index (Phi) is 8.49. The highest BCUT2D eigenvalue weighted by Crippen LogP contribution is 2.57. The second-order valence-corrected chi connectivity index (χ2v) is 25.0. The summed E-state index contributed by atoms with van der Waals surface area (Å²) in [4.78, 5) is 5.52. The Bertz CT molecular complexity index is 3340. The Morgan fingerprint density at radius 1 is 0.538 bits per heavy atom. The Labute approximate surface area is 391 Å². The number of fused-ring (bicyclic) bond motifs is 12. The van der Waals surface area contributed by atoms with Crippen LogP contribution in [0.1, 0.15) is 135 Å². The van der Waals surface area contributed by atoms with E-state index in [9.17, 15) is 0 Å². The number of thiophene rings is 1. The van der Waals surface area contributed by atoms with E-state index in [1.165, 1.54) is 140 Å². The van der Waals surface area contributed by atoms with Gasteiger partial charge in [0.1, 0.15) is 0 Å². The summed E-state index contributed by atoms with van der Waals surface area (Å²) in [7, 11) is 0. The molecule has 4 aliphatic rings. The average molecular weight is 867 g/mol. The number of anilines is 5. The van der Waals surface area contributed by atoms with E-state index in [-0.39, 0.29) is 33.9 Å². The fourth-order valence-corrected chi connectivity index (χ4v) is 13.9. The summed E-state index contributed by atoms with van der Waals surface area (Å²) in [6.45, 7) is 29.1. The van der Waals surface area contributed by atoms with Crippen molar-refractivity contribution in [2.75, 3.05) is 9.71 Å². The number of benzene rings is 7. The van der Waals surface area contributed by atoms with Gasteiger partial charge in [-0.1, -0.05) is 149 Å². The minimum atomic E-state index is -0.0650. The largest absolute Gasteiger partial charge is 0.376 e. The lowest BCUT2D eigenvalue weighted by Gasteiger charge is -2.47. The lowest BCUT2D eigenvalue weighted by Crippen LogP contribution is -2.61. The number of aryl methyl sites for hydroxylation is 1. The third-order valence-electron chi connectivity index (χ3n) is 16.8. The minimum absolute atomic E-state index is 0.0471. The second kappa shape index (κ2) is 13.4. The summed E-state index contributed by atoms with van der Waals surface area (Å²) in [5.41, 5.74) is 19.9. The zero-order chi connectivity index (χ0) is 45.3. The summed E-state index contributed by atoms with van der Waals surface area (Å²) in [6.07, 6.45) is 4.76. The first-order valence-corrected chi connectivity index (χ1v) is 25.1. The molecule has 2 aliphatic heterocycles. The number of nitrogens with zero attached hydrogens (tertiary/aromatic N) is 2. The molecule has 12 rings (SSSR count). The first kappa shape index (κ1) is 41.1. The third kappa shape index (κ3) is 5.84. The van der Waals surface area contributed by atoms with Gasteiger partial charge in [0.25, 0.3) is 0 Å². The van der Waals surface area contributed by atoms with Gasteiger partial charge in [-0.3, -0.25) is 0 Å². The second-order valence-electron chi connectivity index (χ2n) is 23.9. The SMILES string of the molecule is Cc1cc2c(cc1N1c3sc4cc5c(cc4c3B3c4c(cc6ccccc6c41)-c1c(ccc4ccccc14)N3c1ccc(C(C)(C)C)cc1)C(C)(C)CCC5(C)C)C(C)(C)CCC2(C)C. The molecule has 0 unspecified atom stereocenters. The lowest BCUT2D eigenvalue weighted by molar-refractivity contribution is 0.332.